The molecule has 0 saturated carbocycles. The molecule has 11 heteroatoms. The Morgan fingerprint density at radius 2 is 1.89 bits per heavy atom. The molecule has 0 aliphatic carbocycles. The van der Waals surface area contributed by atoms with Crippen LogP contribution in [0.1, 0.15) is 26.3 Å². The molecular weight excluding hydrogens is 507 g/mol. The van der Waals surface area contributed by atoms with Gasteiger partial charge in [-0.15, -0.1) is 24.0 Å². The Morgan fingerprint density at radius 1 is 1.25 bits per heavy atom. The van der Waals surface area contributed by atoms with Gasteiger partial charge in [-0.3, -0.25) is 4.99 Å². The Kier molecular flexibility index (Phi) is 11.0. The number of methoxy groups -OCH3 is 1. The number of nitrogens with one attached hydrogen (secondary N) is 2. The zero-order chi connectivity index (χ0) is 20.7. The van der Waals surface area contributed by atoms with Crippen molar-refractivity contribution < 1.29 is 26.7 Å². The molecule has 0 heterocycles. The summed E-state index contributed by atoms with van der Waals surface area (Å²) in [4.78, 5) is 4.00. The topological polar surface area (TPSA) is 89.0 Å². The van der Waals surface area contributed by atoms with Crippen molar-refractivity contribution in [1.29, 1.82) is 0 Å². The van der Waals surface area contributed by atoms with Gasteiger partial charge in [0.2, 0.25) is 0 Å². The molecule has 162 valence electrons. The van der Waals surface area contributed by atoms with Gasteiger partial charge in [0.15, 0.2) is 15.8 Å². The highest BCUT2D eigenvalue weighted by molar-refractivity contribution is 14.0. The first-order chi connectivity index (χ1) is 12.5. The van der Waals surface area contributed by atoms with Crippen molar-refractivity contribution in [1.82, 2.24) is 10.6 Å². The minimum atomic E-state index is -3.26. The highest BCUT2D eigenvalue weighted by Crippen LogP contribution is 2.25. The van der Waals surface area contributed by atoms with Gasteiger partial charge in [0.1, 0.15) is 11.5 Å². The van der Waals surface area contributed by atoms with Crippen LogP contribution in [0.3, 0.4) is 0 Å². The number of hydrogen-bond acceptors (Lipinski definition) is 5. The summed E-state index contributed by atoms with van der Waals surface area (Å²) in [5, 5.41) is 5.84. The number of sulfone groups is 1. The number of ether oxygens (including phenoxy) is 2. The highest BCUT2D eigenvalue weighted by atomic mass is 127. The van der Waals surface area contributed by atoms with Crippen LogP contribution in [-0.2, 0) is 16.4 Å². The van der Waals surface area contributed by atoms with Crippen LogP contribution in [0, 0.1) is 0 Å². The molecule has 7 nitrogen and oxygen atoms in total. The predicted octanol–water partition coefficient (Wildman–Crippen LogP) is 2.79. The molecule has 2 N–H and O–H groups in total. The first-order valence-electron chi connectivity index (χ1n) is 8.28. The third-order valence-corrected chi connectivity index (χ3v) is 6.36. The molecule has 28 heavy (non-hydrogen) atoms. The van der Waals surface area contributed by atoms with Crippen molar-refractivity contribution >= 4 is 39.8 Å². The molecule has 0 aliphatic rings. The van der Waals surface area contributed by atoms with Crippen LogP contribution < -0.4 is 20.1 Å². The van der Waals surface area contributed by atoms with E-state index in [4.69, 9.17) is 4.74 Å². The number of halogens is 3. The van der Waals surface area contributed by atoms with Crippen LogP contribution in [0.2, 0.25) is 0 Å². The van der Waals surface area contributed by atoms with E-state index in [-0.39, 0.29) is 48.6 Å². The Bertz CT molecular complexity index is 753. The molecule has 0 atom stereocenters. The fourth-order valence-corrected chi connectivity index (χ4v) is 3.02. The highest BCUT2D eigenvalue weighted by Gasteiger charge is 2.28. The second-order valence-corrected chi connectivity index (χ2v) is 9.50. The van der Waals surface area contributed by atoms with Gasteiger partial charge in [-0.25, -0.2) is 8.42 Å². The number of rotatable bonds is 8. The summed E-state index contributed by atoms with van der Waals surface area (Å²) >= 11 is 0. The molecule has 1 aromatic carbocycles. The second-order valence-electron chi connectivity index (χ2n) is 6.64. The molecule has 0 saturated heterocycles. The van der Waals surface area contributed by atoms with Crippen molar-refractivity contribution in [2.24, 2.45) is 4.99 Å². The van der Waals surface area contributed by atoms with E-state index in [1.807, 2.05) is 0 Å². The van der Waals surface area contributed by atoms with Gasteiger partial charge >= 0.3 is 6.61 Å². The Balaban J connectivity index is 0.00000729. The molecule has 0 amide bonds. The van der Waals surface area contributed by atoms with E-state index in [2.05, 4.69) is 20.4 Å². The Labute approximate surface area is 182 Å². The molecule has 0 bridgehead atoms. The van der Waals surface area contributed by atoms with Gasteiger partial charge < -0.3 is 20.1 Å². The first kappa shape index (κ1) is 26.6. The lowest BCUT2D eigenvalue weighted by Crippen LogP contribution is -2.41. The van der Waals surface area contributed by atoms with Gasteiger partial charge in [-0.2, -0.15) is 8.78 Å². The number of hydrogen-bond donors (Lipinski definition) is 2. The van der Waals surface area contributed by atoms with Crippen molar-refractivity contribution in [3.05, 3.63) is 23.8 Å². The maximum Gasteiger partial charge on any atom is 0.387 e. The summed E-state index contributed by atoms with van der Waals surface area (Å²) in [7, 11) is -0.271. The van der Waals surface area contributed by atoms with Crippen LogP contribution in [0.25, 0.3) is 0 Å². The molecule has 0 aromatic heterocycles. The van der Waals surface area contributed by atoms with Crippen LogP contribution in [0.5, 0.6) is 11.5 Å². The smallest absolute Gasteiger partial charge is 0.387 e. The van der Waals surface area contributed by atoms with Crippen molar-refractivity contribution in [2.45, 2.75) is 38.7 Å². The average Bonchev–Trinajstić information content (AvgIpc) is 2.57. The summed E-state index contributed by atoms with van der Waals surface area (Å²) in [6.45, 7) is 2.27. The molecule has 0 radical (unpaired) electrons. The molecule has 0 spiro atoms. The first-order valence-corrected chi connectivity index (χ1v) is 9.94. The van der Waals surface area contributed by atoms with Gasteiger partial charge in [0.25, 0.3) is 0 Å². The lowest BCUT2D eigenvalue weighted by atomic mass is 10.2. The maximum atomic E-state index is 12.6. The summed E-state index contributed by atoms with van der Waals surface area (Å²) in [6, 6.07) is 4.49. The van der Waals surface area contributed by atoms with Crippen LogP contribution in [-0.4, -0.2) is 52.2 Å². The van der Waals surface area contributed by atoms with Crippen molar-refractivity contribution in [3.63, 3.8) is 0 Å². The molecule has 0 unspecified atom stereocenters. The number of guanidine groups is 1. The van der Waals surface area contributed by atoms with Gasteiger partial charge in [0, 0.05) is 25.7 Å². The van der Waals surface area contributed by atoms with Crippen molar-refractivity contribution in [2.75, 3.05) is 26.5 Å². The maximum absolute atomic E-state index is 12.6. The summed E-state index contributed by atoms with van der Waals surface area (Å²) in [6.07, 6.45) is 0. The summed E-state index contributed by atoms with van der Waals surface area (Å²) < 4.78 is 58.1. The molecule has 1 aromatic rings. The van der Waals surface area contributed by atoms with Crippen LogP contribution in [0.4, 0.5) is 8.78 Å². The monoisotopic (exact) mass is 535 g/mol. The second kappa shape index (κ2) is 11.6. The summed E-state index contributed by atoms with van der Waals surface area (Å²) in [5.74, 6) is 0.789. The zero-order valence-electron chi connectivity index (χ0n) is 16.6. The largest absolute Gasteiger partial charge is 0.497 e. The van der Waals surface area contributed by atoms with Gasteiger partial charge in [-0.05, 0) is 39.0 Å². The van der Waals surface area contributed by atoms with Gasteiger partial charge in [0.05, 0.1) is 17.6 Å². The van der Waals surface area contributed by atoms with E-state index >= 15 is 0 Å². The van der Waals surface area contributed by atoms with E-state index in [0.717, 1.165) is 0 Å². The Morgan fingerprint density at radius 3 is 2.39 bits per heavy atom. The van der Waals surface area contributed by atoms with Gasteiger partial charge in [-0.1, -0.05) is 0 Å². The SMILES string of the molecule is CN=C(NCCS(=O)(=O)C(C)(C)C)NCc1cc(OC)ccc1OC(F)F.I. The number of nitrogens with zero attached hydrogens (tertiary/aromatic N) is 1. The zero-order valence-corrected chi connectivity index (χ0v) is 19.7. The van der Waals surface area contributed by atoms with E-state index in [1.165, 1.54) is 26.3 Å². The number of aliphatic imine (C=N–C) groups is 1. The Hall–Kier alpha value is -1.37. The lowest BCUT2D eigenvalue weighted by molar-refractivity contribution is -0.0505. The minimum Gasteiger partial charge on any atom is -0.497 e. The van der Waals surface area contributed by atoms with Crippen molar-refractivity contribution in [3.8, 4) is 11.5 Å². The average molecular weight is 535 g/mol. The molecular formula is C17H28F2IN3O4S. The van der Waals surface area contributed by atoms with E-state index in [9.17, 15) is 17.2 Å². The van der Waals surface area contributed by atoms with E-state index < -0.39 is 21.2 Å². The number of alkyl halides is 2. The fourth-order valence-electron chi connectivity index (χ4n) is 2.04. The third-order valence-electron chi connectivity index (χ3n) is 3.75. The fraction of sp³-hybridized carbons (Fsp3) is 0.588. The van der Waals surface area contributed by atoms with E-state index in [0.29, 0.717) is 17.3 Å². The normalized spacial score (nSPS) is 12.4. The predicted molar refractivity (Wildman–Crippen MR) is 117 cm³/mol. The molecule has 0 fully saturated rings. The lowest BCUT2D eigenvalue weighted by Gasteiger charge is -2.20. The molecule has 0 aliphatic heterocycles. The van der Waals surface area contributed by atoms with E-state index in [1.54, 1.807) is 26.8 Å². The quantitative estimate of drug-likeness (QED) is 0.303. The third kappa shape index (κ3) is 8.33. The molecule has 1 rings (SSSR count). The minimum absolute atomic E-state index is 0. The summed E-state index contributed by atoms with van der Waals surface area (Å²) in [5.41, 5.74) is 0.444. The van der Waals surface area contributed by atoms with Crippen LogP contribution in [0.15, 0.2) is 23.2 Å². The van der Waals surface area contributed by atoms with Crippen LogP contribution >= 0.6 is 24.0 Å². The number of benzene rings is 1. The standard InChI is InChI=1S/C17H27F2N3O4S.HI/c1-17(2,3)27(23,24)9-8-21-16(20-4)22-11-12-10-13(25-5)6-7-14(12)26-15(18)19;/h6-7,10,15H,8-9,11H2,1-5H3,(H2,20,21,22);1H.